The number of hydrogen-bond acceptors (Lipinski definition) is 3. The van der Waals surface area contributed by atoms with Crippen molar-refractivity contribution in [1.82, 2.24) is 0 Å². The number of carbonyl (C=O) groups is 1. The second-order valence-electron chi connectivity index (χ2n) is 5.54. The Morgan fingerprint density at radius 1 is 1.13 bits per heavy atom. The van der Waals surface area contributed by atoms with Crippen LogP contribution < -0.4 is 9.47 Å². The fourth-order valence-corrected chi connectivity index (χ4v) is 2.36. The number of carbonyl (C=O) groups excluding carboxylic acids is 1. The number of hydrogen-bond donors (Lipinski definition) is 0. The third kappa shape index (κ3) is 3.34. The van der Waals surface area contributed by atoms with Gasteiger partial charge >= 0.3 is 0 Å². The van der Waals surface area contributed by atoms with Crippen LogP contribution in [0.2, 0.25) is 0 Å². The molecule has 0 aliphatic carbocycles. The van der Waals surface area contributed by atoms with Crippen molar-refractivity contribution in [3.63, 3.8) is 0 Å². The molecular formula is C20H18O3. The summed E-state index contributed by atoms with van der Waals surface area (Å²) >= 11 is 0. The molecule has 0 amide bonds. The molecule has 2 aromatic carbocycles. The average molecular weight is 306 g/mol. The van der Waals surface area contributed by atoms with Gasteiger partial charge in [0.05, 0.1) is 5.56 Å². The highest BCUT2D eigenvalue weighted by molar-refractivity contribution is 6.12. The minimum Gasteiger partial charge on any atom is -0.489 e. The van der Waals surface area contributed by atoms with E-state index in [2.05, 4.69) is 0 Å². The Bertz CT molecular complexity index is 782. The SMILES string of the molecule is CC(C)=C1Oc2cc(OC/C=C/c3ccccc3)ccc2C1=O. The fraction of sp³-hybridized carbons (Fsp3) is 0.150. The topological polar surface area (TPSA) is 35.5 Å². The van der Waals surface area contributed by atoms with Crippen LogP contribution in [0.15, 0.2) is 65.9 Å². The van der Waals surface area contributed by atoms with Crippen molar-refractivity contribution >= 4 is 11.9 Å². The fourth-order valence-electron chi connectivity index (χ4n) is 2.36. The van der Waals surface area contributed by atoms with Crippen LogP contribution in [0, 0.1) is 0 Å². The Balaban J connectivity index is 1.66. The van der Waals surface area contributed by atoms with Gasteiger partial charge in [-0.3, -0.25) is 4.79 Å². The number of ketones is 1. The van der Waals surface area contributed by atoms with Crippen molar-refractivity contribution in [2.45, 2.75) is 13.8 Å². The van der Waals surface area contributed by atoms with Gasteiger partial charge in [0.1, 0.15) is 18.1 Å². The largest absolute Gasteiger partial charge is 0.489 e. The molecule has 2 aromatic rings. The number of benzene rings is 2. The van der Waals surface area contributed by atoms with Gasteiger partial charge in [0.15, 0.2) is 5.76 Å². The molecule has 0 radical (unpaired) electrons. The van der Waals surface area contributed by atoms with Crippen molar-refractivity contribution in [3.8, 4) is 11.5 Å². The molecule has 0 unspecified atom stereocenters. The van der Waals surface area contributed by atoms with Crippen LogP contribution in [0.25, 0.3) is 6.08 Å². The Hall–Kier alpha value is -2.81. The van der Waals surface area contributed by atoms with Crippen molar-refractivity contribution < 1.29 is 14.3 Å². The lowest BCUT2D eigenvalue weighted by molar-refractivity contribution is 0.101. The molecule has 0 saturated carbocycles. The molecule has 3 heteroatoms. The van der Waals surface area contributed by atoms with Crippen LogP contribution in [-0.2, 0) is 0 Å². The average Bonchev–Trinajstić information content (AvgIpc) is 2.89. The molecule has 1 aliphatic rings. The maximum atomic E-state index is 12.1. The number of fused-ring (bicyclic) bond motifs is 1. The molecule has 1 heterocycles. The highest BCUT2D eigenvalue weighted by Crippen LogP contribution is 2.35. The van der Waals surface area contributed by atoms with Crippen LogP contribution in [-0.4, -0.2) is 12.4 Å². The van der Waals surface area contributed by atoms with Gasteiger partial charge in [-0.1, -0.05) is 36.4 Å². The van der Waals surface area contributed by atoms with Crippen LogP contribution in [0.5, 0.6) is 11.5 Å². The highest BCUT2D eigenvalue weighted by atomic mass is 16.5. The second kappa shape index (κ2) is 6.53. The van der Waals surface area contributed by atoms with E-state index in [9.17, 15) is 4.79 Å². The molecule has 0 saturated heterocycles. The summed E-state index contributed by atoms with van der Waals surface area (Å²) in [5.41, 5.74) is 2.60. The van der Waals surface area contributed by atoms with E-state index in [0.717, 1.165) is 11.1 Å². The van der Waals surface area contributed by atoms with Gasteiger partial charge < -0.3 is 9.47 Å². The second-order valence-corrected chi connectivity index (χ2v) is 5.54. The van der Waals surface area contributed by atoms with Crippen molar-refractivity contribution in [2.75, 3.05) is 6.61 Å². The summed E-state index contributed by atoms with van der Waals surface area (Å²) in [4.78, 5) is 12.1. The molecule has 1 aliphatic heterocycles. The maximum absolute atomic E-state index is 12.1. The van der Waals surface area contributed by atoms with Crippen molar-refractivity contribution in [1.29, 1.82) is 0 Å². The summed E-state index contributed by atoms with van der Waals surface area (Å²) in [6.45, 7) is 4.19. The van der Waals surface area contributed by atoms with E-state index in [4.69, 9.17) is 9.47 Å². The number of rotatable bonds is 4. The van der Waals surface area contributed by atoms with Gasteiger partial charge in [0, 0.05) is 6.07 Å². The minimum absolute atomic E-state index is 0.0597. The predicted molar refractivity (Wildman–Crippen MR) is 90.7 cm³/mol. The first-order valence-electron chi connectivity index (χ1n) is 7.53. The molecule has 0 spiro atoms. The van der Waals surface area contributed by atoms with Gasteiger partial charge in [-0.05, 0) is 43.2 Å². The maximum Gasteiger partial charge on any atom is 0.231 e. The summed E-state index contributed by atoms with van der Waals surface area (Å²) < 4.78 is 11.3. The third-order valence-electron chi connectivity index (χ3n) is 3.53. The zero-order valence-electron chi connectivity index (χ0n) is 13.2. The summed E-state index contributed by atoms with van der Waals surface area (Å²) in [5.74, 6) is 1.61. The lowest BCUT2D eigenvalue weighted by Crippen LogP contribution is -2.00. The van der Waals surface area contributed by atoms with Gasteiger partial charge in [-0.25, -0.2) is 0 Å². The first kappa shape index (κ1) is 15.1. The van der Waals surface area contributed by atoms with E-state index in [-0.39, 0.29) is 5.78 Å². The Morgan fingerprint density at radius 2 is 1.91 bits per heavy atom. The normalized spacial score (nSPS) is 13.1. The van der Waals surface area contributed by atoms with Gasteiger partial charge in [-0.2, -0.15) is 0 Å². The molecular weight excluding hydrogens is 288 g/mol. The zero-order chi connectivity index (χ0) is 16.2. The molecule has 0 N–H and O–H groups in total. The van der Waals surface area contributed by atoms with E-state index in [1.807, 2.05) is 56.3 Å². The molecule has 3 nitrogen and oxygen atoms in total. The molecule has 0 atom stereocenters. The molecule has 23 heavy (non-hydrogen) atoms. The van der Waals surface area contributed by atoms with E-state index >= 15 is 0 Å². The number of Topliss-reactive ketones (excluding diaryl/α,β-unsaturated/α-hetero) is 1. The van der Waals surface area contributed by atoms with Crippen LogP contribution in [0.4, 0.5) is 0 Å². The summed E-state index contributed by atoms with van der Waals surface area (Å²) in [5, 5.41) is 0. The monoisotopic (exact) mass is 306 g/mol. The molecule has 0 bridgehead atoms. The predicted octanol–water partition coefficient (Wildman–Crippen LogP) is 4.65. The molecule has 0 fully saturated rings. The quantitative estimate of drug-likeness (QED) is 0.771. The summed E-state index contributed by atoms with van der Waals surface area (Å²) in [6, 6.07) is 15.4. The van der Waals surface area contributed by atoms with E-state index < -0.39 is 0 Å². The molecule has 0 aromatic heterocycles. The van der Waals surface area contributed by atoms with E-state index in [1.165, 1.54) is 0 Å². The van der Waals surface area contributed by atoms with Crippen molar-refractivity contribution in [2.24, 2.45) is 0 Å². The Kier molecular flexibility index (Phi) is 4.29. The Labute approximate surface area is 135 Å². The smallest absolute Gasteiger partial charge is 0.231 e. The van der Waals surface area contributed by atoms with Crippen LogP contribution in [0.1, 0.15) is 29.8 Å². The summed E-state index contributed by atoms with van der Waals surface area (Å²) in [7, 11) is 0. The highest BCUT2D eigenvalue weighted by Gasteiger charge is 2.28. The minimum atomic E-state index is -0.0597. The Morgan fingerprint density at radius 3 is 2.65 bits per heavy atom. The third-order valence-corrected chi connectivity index (χ3v) is 3.53. The van der Waals surface area contributed by atoms with Gasteiger partial charge in [-0.15, -0.1) is 0 Å². The van der Waals surface area contributed by atoms with Gasteiger partial charge in [0.2, 0.25) is 5.78 Å². The first-order chi connectivity index (χ1) is 11.1. The van der Waals surface area contributed by atoms with Crippen LogP contribution >= 0.6 is 0 Å². The standard InChI is InChI=1S/C20H18O3/c1-14(2)20-19(21)17-11-10-16(13-18(17)23-20)22-12-6-9-15-7-4-3-5-8-15/h3-11,13H,12H2,1-2H3/b9-6+. The zero-order valence-corrected chi connectivity index (χ0v) is 13.2. The van der Waals surface area contributed by atoms with E-state index in [0.29, 0.717) is 29.4 Å². The number of allylic oxidation sites excluding steroid dienone is 2. The lowest BCUT2D eigenvalue weighted by atomic mass is 10.1. The van der Waals surface area contributed by atoms with E-state index in [1.54, 1.807) is 18.2 Å². The van der Waals surface area contributed by atoms with Crippen molar-refractivity contribution in [3.05, 3.63) is 77.1 Å². The lowest BCUT2D eigenvalue weighted by Gasteiger charge is -2.05. The summed E-state index contributed by atoms with van der Waals surface area (Å²) in [6.07, 6.45) is 3.96. The molecule has 3 rings (SSSR count). The molecule has 116 valence electrons. The van der Waals surface area contributed by atoms with Gasteiger partial charge in [0.25, 0.3) is 0 Å². The number of ether oxygens (including phenoxy) is 2. The first-order valence-corrected chi connectivity index (χ1v) is 7.53. The van der Waals surface area contributed by atoms with Crippen LogP contribution in [0.3, 0.4) is 0 Å².